The Kier molecular flexibility index (Phi) is 9.10. The maximum Gasteiger partial charge on any atom is 0.357 e. The van der Waals surface area contributed by atoms with Crippen LogP contribution in [0.2, 0.25) is 0 Å². The Balaban J connectivity index is 0.00000364. The summed E-state index contributed by atoms with van der Waals surface area (Å²) in [5.41, 5.74) is 0.250. The van der Waals surface area contributed by atoms with Gasteiger partial charge in [-0.15, -0.1) is 0 Å². The van der Waals surface area contributed by atoms with E-state index in [9.17, 15) is 19.5 Å². The number of carbonyl (C=O) groups excluding carboxylic acids is 3. The summed E-state index contributed by atoms with van der Waals surface area (Å²) < 4.78 is 14.6. The Morgan fingerprint density at radius 2 is 1.78 bits per heavy atom. The molecule has 1 N–H and O–H groups in total. The second kappa shape index (κ2) is 11.3. The highest BCUT2D eigenvalue weighted by Crippen LogP contribution is 2.03. The highest BCUT2D eigenvalue weighted by molar-refractivity contribution is 5.90. The number of carbonyl (C=O) groups is 3. The molecule has 2 aromatic heterocycles. The van der Waals surface area contributed by atoms with Gasteiger partial charge in [0.15, 0.2) is 0 Å². The fraction of sp³-hybridized carbons (Fsp3) is 0.278. The van der Waals surface area contributed by atoms with Gasteiger partial charge in [-0.25, -0.2) is 19.4 Å². The quantitative estimate of drug-likeness (QED) is 0.408. The van der Waals surface area contributed by atoms with Gasteiger partial charge in [-0.2, -0.15) is 0 Å². The summed E-state index contributed by atoms with van der Waals surface area (Å²) in [5, 5.41) is 9.19. The highest BCUT2D eigenvalue weighted by atomic mass is 16.6. The molecule has 2 rings (SSSR count). The lowest BCUT2D eigenvalue weighted by molar-refractivity contribution is -0.157. The first-order chi connectivity index (χ1) is 12.6. The lowest BCUT2D eigenvalue weighted by Gasteiger charge is -2.14. The van der Waals surface area contributed by atoms with Crippen LogP contribution >= 0.6 is 0 Å². The normalized spacial score (nSPS) is 10.9. The van der Waals surface area contributed by atoms with Crippen LogP contribution in [0.5, 0.6) is 0 Å². The lowest BCUT2D eigenvalue weighted by Crippen LogP contribution is -2.33. The van der Waals surface area contributed by atoms with Crippen LogP contribution in [0.1, 0.15) is 28.3 Å². The molecule has 0 saturated heterocycles. The van der Waals surface area contributed by atoms with E-state index in [0.29, 0.717) is 0 Å². The molecule has 9 heteroatoms. The van der Waals surface area contributed by atoms with Gasteiger partial charge in [0, 0.05) is 18.6 Å². The van der Waals surface area contributed by atoms with E-state index in [4.69, 9.17) is 14.2 Å². The minimum absolute atomic E-state index is 0. The molecule has 1 atom stereocenters. The number of hydrogen-bond acceptors (Lipinski definition) is 9. The van der Waals surface area contributed by atoms with E-state index in [1.807, 2.05) is 0 Å². The number of rotatable bonds is 8. The summed E-state index contributed by atoms with van der Waals surface area (Å²) in [6, 6.07) is 7.70. The number of hydrogen-bond donors (Lipinski definition) is 1. The number of aliphatic hydroxyl groups excluding tert-OH is 1. The Labute approximate surface area is 155 Å². The summed E-state index contributed by atoms with van der Waals surface area (Å²) in [7, 11) is 0. The van der Waals surface area contributed by atoms with Crippen molar-refractivity contribution in [3.8, 4) is 0 Å². The minimum Gasteiger partial charge on any atom is -0.459 e. The van der Waals surface area contributed by atoms with E-state index < -0.39 is 30.6 Å². The van der Waals surface area contributed by atoms with Crippen molar-refractivity contribution in [1.29, 1.82) is 0 Å². The topological polar surface area (TPSA) is 125 Å². The Hall–Kier alpha value is -3.33. The van der Waals surface area contributed by atoms with Crippen molar-refractivity contribution in [1.82, 2.24) is 9.97 Å². The van der Waals surface area contributed by atoms with Gasteiger partial charge in [0.25, 0.3) is 0 Å². The van der Waals surface area contributed by atoms with Crippen molar-refractivity contribution < 1.29 is 33.7 Å². The SMILES string of the molecule is C.O=C(OCCOC(=O)C(CO)OC(=O)c1ccccn1)c1cccnc1. The van der Waals surface area contributed by atoms with E-state index >= 15 is 0 Å². The van der Waals surface area contributed by atoms with Crippen molar-refractivity contribution in [2.75, 3.05) is 19.8 Å². The summed E-state index contributed by atoms with van der Waals surface area (Å²) in [6.07, 6.45) is 2.74. The zero-order valence-corrected chi connectivity index (χ0v) is 13.6. The molecule has 0 amide bonds. The number of esters is 3. The van der Waals surface area contributed by atoms with Crippen molar-refractivity contribution in [3.05, 3.63) is 60.2 Å². The van der Waals surface area contributed by atoms with E-state index in [2.05, 4.69) is 9.97 Å². The van der Waals surface area contributed by atoms with Crippen LogP contribution in [0.15, 0.2) is 48.9 Å². The van der Waals surface area contributed by atoms with E-state index in [0.717, 1.165) is 0 Å². The first-order valence-electron chi connectivity index (χ1n) is 7.58. The van der Waals surface area contributed by atoms with Gasteiger partial charge >= 0.3 is 17.9 Å². The summed E-state index contributed by atoms with van der Waals surface area (Å²) in [4.78, 5) is 42.9. The molecular weight excluding hydrogens is 356 g/mol. The van der Waals surface area contributed by atoms with Crippen molar-refractivity contribution in [2.24, 2.45) is 0 Å². The minimum atomic E-state index is -1.50. The van der Waals surface area contributed by atoms with Gasteiger partial charge < -0.3 is 19.3 Å². The monoisotopic (exact) mass is 376 g/mol. The molecule has 27 heavy (non-hydrogen) atoms. The van der Waals surface area contributed by atoms with Gasteiger partial charge in [0.2, 0.25) is 6.10 Å². The van der Waals surface area contributed by atoms with Crippen LogP contribution in [0.3, 0.4) is 0 Å². The first-order valence-corrected chi connectivity index (χ1v) is 7.58. The van der Waals surface area contributed by atoms with Crippen molar-refractivity contribution >= 4 is 17.9 Å². The molecule has 0 aliphatic carbocycles. The van der Waals surface area contributed by atoms with E-state index in [1.165, 1.54) is 30.7 Å². The smallest absolute Gasteiger partial charge is 0.357 e. The van der Waals surface area contributed by atoms with Gasteiger partial charge in [0.1, 0.15) is 18.9 Å². The Morgan fingerprint density at radius 1 is 1.00 bits per heavy atom. The van der Waals surface area contributed by atoms with E-state index in [1.54, 1.807) is 18.2 Å². The molecular formula is C18H20N2O7. The molecule has 0 aliphatic heterocycles. The summed E-state index contributed by atoms with van der Waals surface area (Å²) >= 11 is 0. The second-order valence-corrected chi connectivity index (χ2v) is 4.84. The molecule has 0 aromatic carbocycles. The Bertz CT molecular complexity index is 738. The number of aliphatic hydroxyl groups is 1. The molecule has 144 valence electrons. The van der Waals surface area contributed by atoms with Crippen LogP contribution in [-0.2, 0) is 19.0 Å². The van der Waals surface area contributed by atoms with Crippen LogP contribution in [0.25, 0.3) is 0 Å². The second-order valence-electron chi connectivity index (χ2n) is 4.84. The van der Waals surface area contributed by atoms with Crippen LogP contribution in [0.4, 0.5) is 0 Å². The van der Waals surface area contributed by atoms with Crippen LogP contribution < -0.4 is 0 Å². The lowest BCUT2D eigenvalue weighted by atomic mass is 10.3. The van der Waals surface area contributed by atoms with Crippen LogP contribution in [0, 0.1) is 0 Å². The average Bonchev–Trinajstić information content (AvgIpc) is 2.70. The average molecular weight is 376 g/mol. The van der Waals surface area contributed by atoms with Crippen LogP contribution in [-0.4, -0.2) is 58.9 Å². The largest absolute Gasteiger partial charge is 0.459 e. The predicted octanol–water partition coefficient (Wildman–Crippen LogP) is 1.03. The molecule has 0 aliphatic rings. The fourth-order valence-corrected chi connectivity index (χ4v) is 1.77. The van der Waals surface area contributed by atoms with Gasteiger partial charge in [-0.3, -0.25) is 4.98 Å². The predicted molar refractivity (Wildman–Crippen MR) is 92.7 cm³/mol. The highest BCUT2D eigenvalue weighted by Gasteiger charge is 2.25. The molecule has 0 fully saturated rings. The fourth-order valence-electron chi connectivity index (χ4n) is 1.77. The molecule has 0 spiro atoms. The van der Waals surface area contributed by atoms with Crippen molar-refractivity contribution in [2.45, 2.75) is 13.5 Å². The number of pyridine rings is 2. The summed E-state index contributed by atoms with van der Waals surface area (Å²) in [5.74, 6) is -2.45. The van der Waals surface area contributed by atoms with Gasteiger partial charge in [-0.05, 0) is 24.3 Å². The standard InChI is InChI=1S/C17H16N2O7.CH4/c20-11-14(26-16(22)13-5-1-2-7-19-13)17(23)25-9-8-24-15(21)12-4-3-6-18-10-12;/h1-7,10,14,20H,8-9,11H2;1H4. The third-order valence-corrected chi connectivity index (χ3v) is 3.01. The molecule has 9 nitrogen and oxygen atoms in total. The number of ether oxygens (including phenoxy) is 3. The van der Waals surface area contributed by atoms with Gasteiger partial charge in [-0.1, -0.05) is 13.5 Å². The summed E-state index contributed by atoms with van der Waals surface area (Å²) in [6.45, 7) is -1.22. The molecule has 2 aromatic rings. The third-order valence-electron chi connectivity index (χ3n) is 3.01. The molecule has 0 saturated carbocycles. The van der Waals surface area contributed by atoms with Gasteiger partial charge in [0.05, 0.1) is 12.2 Å². The van der Waals surface area contributed by atoms with E-state index in [-0.39, 0.29) is 31.9 Å². The molecule has 2 heterocycles. The van der Waals surface area contributed by atoms with Crippen molar-refractivity contribution in [3.63, 3.8) is 0 Å². The molecule has 0 bridgehead atoms. The first kappa shape index (κ1) is 21.7. The molecule has 1 unspecified atom stereocenters. The number of aromatic nitrogens is 2. The number of nitrogens with zero attached hydrogens (tertiary/aromatic N) is 2. The zero-order chi connectivity index (χ0) is 18.8. The maximum atomic E-state index is 11.8. The third kappa shape index (κ3) is 6.83. The Morgan fingerprint density at radius 3 is 2.41 bits per heavy atom. The maximum absolute atomic E-state index is 11.8. The molecule has 0 radical (unpaired) electrons. The zero-order valence-electron chi connectivity index (χ0n) is 13.6.